The van der Waals surface area contributed by atoms with Crippen molar-refractivity contribution in [1.29, 1.82) is 0 Å². The lowest BCUT2D eigenvalue weighted by atomic mass is 9.90. The van der Waals surface area contributed by atoms with Crippen LogP contribution in [0.1, 0.15) is 49.4 Å². The minimum atomic E-state index is 0.0572. The molecule has 5 nitrogen and oxygen atoms in total. The predicted molar refractivity (Wildman–Crippen MR) is 86.7 cm³/mol. The number of nitrogens with zero attached hydrogens (tertiary/aromatic N) is 3. The van der Waals surface area contributed by atoms with Crippen LogP contribution in [0.25, 0.3) is 0 Å². The van der Waals surface area contributed by atoms with E-state index in [-0.39, 0.29) is 11.9 Å². The average molecular weight is 313 g/mol. The molecule has 2 atom stereocenters. The second-order valence-corrected chi connectivity index (χ2v) is 6.38. The molecule has 0 aliphatic carbocycles. The van der Waals surface area contributed by atoms with Crippen molar-refractivity contribution in [3.8, 4) is 0 Å². The third-order valence-corrected chi connectivity index (χ3v) is 4.49. The summed E-state index contributed by atoms with van der Waals surface area (Å²) in [6.07, 6.45) is 8.13. The maximum atomic E-state index is 12.7. The summed E-state index contributed by atoms with van der Waals surface area (Å²) in [6, 6.07) is 4.03. The van der Waals surface area contributed by atoms with Crippen LogP contribution >= 0.6 is 0 Å². The highest BCUT2D eigenvalue weighted by Crippen LogP contribution is 2.35. The molecular formula is C18H23N3O2. The number of amides is 1. The summed E-state index contributed by atoms with van der Waals surface area (Å²) in [4.78, 5) is 23.0. The first-order chi connectivity index (χ1) is 11.1. The third kappa shape index (κ3) is 3.78. The SMILES string of the molecule is Cc1ccc([C@@H]2C[C@@H](C)CCN2C(=O)CCc2cnccn2)o1. The molecule has 122 valence electrons. The zero-order chi connectivity index (χ0) is 16.2. The summed E-state index contributed by atoms with van der Waals surface area (Å²) in [5.74, 6) is 2.57. The number of likely N-dealkylation sites (tertiary alicyclic amines) is 1. The number of carbonyl (C=O) groups excluding carboxylic acids is 1. The fourth-order valence-corrected chi connectivity index (χ4v) is 3.18. The Labute approximate surface area is 136 Å². The van der Waals surface area contributed by atoms with Crippen molar-refractivity contribution in [3.05, 3.63) is 47.9 Å². The monoisotopic (exact) mass is 313 g/mol. The molecule has 0 radical (unpaired) electrons. The van der Waals surface area contributed by atoms with E-state index in [1.54, 1.807) is 18.6 Å². The maximum absolute atomic E-state index is 12.7. The van der Waals surface area contributed by atoms with Gasteiger partial charge in [0.2, 0.25) is 5.91 Å². The highest BCUT2D eigenvalue weighted by atomic mass is 16.3. The standard InChI is InChI=1S/C18H23N3O2/c1-13-7-10-21(16(11-13)17-5-3-14(2)23-17)18(22)6-4-15-12-19-8-9-20-15/h3,5,8-9,12-13,16H,4,6-7,10-11H2,1-2H3/t13-,16-/m0/s1. The lowest BCUT2D eigenvalue weighted by Crippen LogP contribution is -2.40. The van der Waals surface area contributed by atoms with Gasteiger partial charge in [0.25, 0.3) is 0 Å². The number of hydrogen-bond acceptors (Lipinski definition) is 4. The van der Waals surface area contributed by atoms with Gasteiger partial charge in [0, 0.05) is 31.6 Å². The normalized spacial score (nSPS) is 21.4. The fourth-order valence-electron chi connectivity index (χ4n) is 3.18. The lowest BCUT2D eigenvalue weighted by molar-refractivity contribution is -0.136. The fraction of sp³-hybridized carbons (Fsp3) is 0.500. The molecule has 3 heterocycles. The van der Waals surface area contributed by atoms with Crippen LogP contribution in [-0.4, -0.2) is 27.3 Å². The molecule has 1 aliphatic rings. The zero-order valence-corrected chi connectivity index (χ0v) is 13.7. The topological polar surface area (TPSA) is 59.2 Å². The summed E-state index contributed by atoms with van der Waals surface area (Å²) in [5.41, 5.74) is 0.858. The summed E-state index contributed by atoms with van der Waals surface area (Å²) in [6.45, 7) is 4.98. The Morgan fingerprint density at radius 2 is 2.26 bits per heavy atom. The van der Waals surface area contributed by atoms with Gasteiger partial charge in [-0.15, -0.1) is 0 Å². The van der Waals surface area contributed by atoms with Crippen LogP contribution in [-0.2, 0) is 11.2 Å². The van der Waals surface area contributed by atoms with Crippen molar-refractivity contribution in [2.45, 2.75) is 45.6 Å². The van der Waals surface area contributed by atoms with Crippen LogP contribution in [0.15, 0.2) is 35.1 Å². The van der Waals surface area contributed by atoms with E-state index in [1.807, 2.05) is 24.0 Å². The summed E-state index contributed by atoms with van der Waals surface area (Å²) >= 11 is 0. The number of aryl methyl sites for hydroxylation is 2. The van der Waals surface area contributed by atoms with Gasteiger partial charge in [-0.25, -0.2) is 0 Å². The van der Waals surface area contributed by atoms with Gasteiger partial charge >= 0.3 is 0 Å². The Bertz CT molecular complexity index is 653. The number of aromatic nitrogens is 2. The minimum Gasteiger partial charge on any atom is -0.464 e. The molecule has 0 unspecified atom stereocenters. The lowest BCUT2D eigenvalue weighted by Gasteiger charge is -2.37. The molecule has 1 fully saturated rings. The first-order valence-electron chi connectivity index (χ1n) is 8.24. The van der Waals surface area contributed by atoms with E-state index < -0.39 is 0 Å². The van der Waals surface area contributed by atoms with Crippen molar-refractivity contribution < 1.29 is 9.21 Å². The highest BCUT2D eigenvalue weighted by molar-refractivity contribution is 5.77. The van der Waals surface area contributed by atoms with Gasteiger partial charge in [-0.2, -0.15) is 0 Å². The molecule has 1 amide bonds. The first kappa shape index (κ1) is 15.7. The molecule has 2 aromatic heterocycles. The molecule has 1 aliphatic heterocycles. The highest BCUT2D eigenvalue weighted by Gasteiger charge is 2.32. The van der Waals surface area contributed by atoms with E-state index in [0.717, 1.165) is 36.6 Å². The summed E-state index contributed by atoms with van der Waals surface area (Å²) in [7, 11) is 0. The van der Waals surface area contributed by atoms with Crippen molar-refractivity contribution in [3.63, 3.8) is 0 Å². The van der Waals surface area contributed by atoms with Crippen LogP contribution in [0, 0.1) is 12.8 Å². The van der Waals surface area contributed by atoms with Gasteiger partial charge in [0.05, 0.1) is 11.7 Å². The second kappa shape index (κ2) is 6.94. The Morgan fingerprint density at radius 3 is 2.96 bits per heavy atom. The van der Waals surface area contributed by atoms with E-state index in [4.69, 9.17) is 4.42 Å². The van der Waals surface area contributed by atoms with Gasteiger partial charge in [0.1, 0.15) is 11.5 Å². The minimum absolute atomic E-state index is 0.0572. The molecule has 0 spiro atoms. The number of rotatable bonds is 4. The second-order valence-electron chi connectivity index (χ2n) is 6.38. The van der Waals surface area contributed by atoms with E-state index in [9.17, 15) is 4.79 Å². The van der Waals surface area contributed by atoms with E-state index in [1.165, 1.54) is 0 Å². The summed E-state index contributed by atoms with van der Waals surface area (Å²) < 4.78 is 5.80. The number of carbonyl (C=O) groups is 1. The Balaban J connectivity index is 1.69. The van der Waals surface area contributed by atoms with Gasteiger partial charge < -0.3 is 9.32 Å². The van der Waals surface area contributed by atoms with Gasteiger partial charge in [-0.3, -0.25) is 14.8 Å². The molecule has 0 bridgehead atoms. The van der Waals surface area contributed by atoms with Gasteiger partial charge in [-0.05, 0) is 44.2 Å². The molecular weight excluding hydrogens is 290 g/mol. The van der Waals surface area contributed by atoms with E-state index >= 15 is 0 Å². The molecule has 23 heavy (non-hydrogen) atoms. The predicted octanol–water partition coefficient (Wildman–Crippen LogP) is 3.31. The molecule has 1 saturated heterocycles. The quantitative estimate of drug-likeness (QED) is 0.869. The largest absolute Gasteiger partial charge is 0.464 e. The Kier molecular flexibility index (Phi) is 4.74. The van der Waals surface area contributed by atoms with Gasteiger partial charge in [0.15, 0.2) is 0 Å². The maximum Gasteiger partial charge on any atom is 0.223 e. The smallest absolute Gasteiger partial charge is 0.223 e. The number of furan rings is 1. The molecule has 0 N–H and O–H groups in total. The van der Waals surface area contributed by atoms with Gasteiger partial charge in [-0.1, -0.05) is 6.92 Å². The Hall–Kier alpha value is -2.17. The van der Waals surface area contributed by atoms with Crippen LogP contribution in [0.4, 0.5) is 0 Å². The van der Waals surface area contributed by atoms with Crippen LogP contribution in [0.2, 0.25) is 0 Å². The van der Waals surface area contributed by atoms with Crippen molar-refractivity contribution in [2.24, 2.45) is 5.92 Å². The zero-order valence-electron chi connectivity index (χ0n) is 13.7. The van der Waals surface area contributed by atoms with E-state index in [0.29, 0.717) is 18.8 Å². The van der Waals surface area contributed by atoms with Crippen molar-refractivity contribution >= 4 is 5.91 Å². The van der Waals surface area contributed by atoms with Crippen LogP contribution in [0.5, 0.6) is 0 Å². The molecule has 5 heteroatoms. The number of piperidine rings is 1. The van der Waals surface area contributed by atoms with Crippen LogP contribution < -0.4 is 0 Å². The third-order valence-electron chi connectivity index (χ3n) is 4.49. The average Bonchev–Trinajstić information content (AvgIpc) is 3.00. The number of hydrogen-bond donors (Lipinski definition) is 0. The van der Waals surface area contributed by atoms with Crippen molar-refractivity contribution in [2.75, 3.05) is 6.54 Å². The van der Waals surface area contributed by atoms with Crippen LogP contribution in [0.3, 0.4) is 0 Å². The Morgan fingerprint density at radius 1 is 1.39 bits per heavy atom. The van der Waals surface area contributed by atoms with E-state index in [2.05, 4.69) is 16.9 Å². The molecule has 0 saturated carbocycles. The molecule has 0 aromatic carbocycles. The van der Waals surface area contributed by atoms with Crippen molar-refractivity contribution in [1.82, 2.24) is 14.9 Å². The molecule has 3 rings (SSSR count). The molecule has 2 aromatic rings. The summed E-state index contributed by atoms with van der Waals surface area (Å²) in [5, 5.41) is 0. The first-order valence-corrected chi connectivity index (χ1v) is 8.24.